The fraction of sp³-hybridized carbons (Fsp3) is 0.176. The Kier molecular flexibility index (Phi) is 5.61. The van der Waals surface area contributed by atoms with Crippen LogP contribution in [0.5, 0.6) is 0 Å². The summed E-state index contributed by atoms with van der Waals surface area (Å²) in [6.45, 7) is 2.80. The maximum atomic E-state index is 13.5. The van der Waals surface area contributed by atoms with Crippen molar-refractivity contribution in [1.29, 1.82) is 0 Å². The lowest BCUT2D eigenvalue weighted by molar-refractivity contribution is -0.387. The summed E-state index contributed by atoms with van der Waals surface area (Å²) in [5.74, 6) is -3.33. The molecule has 136 valence electrons. The van der Waals surface area contributed by atoms with Crippen LogP contribution in [0.3, 0.4) is 0 Å². The molecular formula is C17H14F2N2O5. The van der Waals surface area contributed by atoms with Crippen LogP contribution in [0.1, 0.15) is 22.8 Å². The van der Waals surface area contributed by atoms with Crippen molar-refractivity contribution in [3.8, 4) is 0 Å². The number of nitro benzene ring substituents is 1. The molecule has 0 saturated carbocycles. The van der Waals surface area contributed by atoms with Crippen LogP contribution < -0.4 is 5.32 Å². The Morgan fingerprint density at radius 3 is 2.46 bits per heavy atom. The molecule has 9 heteroatoms. The highest BCUT2D eigenvalue weighted by atomic mass is 19.1. The number of esters is 1. The van der Waals surface area contributed by atoms with Crippen molar-refractivity contribution < 1.29 is 28.0 Å². The first-order valence-corrected chi connectivity index (χ1v) is 7.41. The highest BCUT2D eigenvalue weighted by Gasteiger charge is 2.21. The summed E-state index contributed by atoms with van der Waals surface area (Å²) in [5.41, 5.74) is -0.551. The lowest BCUT2D eigenvalue weighted by atomic mass is 10.1. The molecule has 2 aromatic rings. The summed E-state index contributed by atoms with van der Waals surface area (Å²) in [6.07, 6.45) is -1.27. The molecule has 0 aliphatic heterocycles. The fourth-order valence-electron chi connectivity index (χ4n) is 1.98. The molecule has 0 fully saturated rings. The van der Waals surface area contributed by atoms with Crippen LogP contribution in [0.25, 0.3) is 0 Å². The molecule has 2 aromatic carbocycles. The van der Waals surface area contributed by atoms with E-state index in [2.05, 4.69) is 5.32 Å². The second kappa shape index (κ2) is 7.68. The zero-order valence-electron chi connectivity index (χ0n) is 13.8. The molecule has 0 aliphatic carbocycles. The maximum Gasteiger partial charge on any atom is 0.339 e. The van der Waals surface area contributed by atoms with E-state index in [1.54, 1.807) is 0 Å². The topological polar surface area (TPSA) is 98.5 Å². The van der Waals surface area contributed by atoms with Gasteiger partial charge in [-0.1, -0.05) is 6.07 Å². The van der Waals surface area contributed by atoms with Crippen LogP contribution in [0.2, 0.25) is 0 Å². The van der Waals surface area contributed by atoms with Crippen LogP contribution >= 0.6 is 0 Å². The second-order valence-corrected chi connectivity index (χ2v) is 5.42. The molecule has 1 atom stereocenters. The highest BCUT2D eigenvalue weighted by molar-refractivity contribution is 5.97. The van der Waals surface area contributed by atoms with Gasteiger partial charge >= 0.3 is 11.7 Å². The summed E-state index contributed by atoms with van der Waals surface area (Å²) >= 11 is 0. The van der Waals surface area contributed by atoms with Crippen LogP contribution in [0, 0.1) is 28.7 Å². The predicted octanol–water partition coefficient (Wildman–Crippen LogP) is 3.37. The number of carbonyl (C=O) groups is 2. The Labute approximate surface area is 146 Å². The average molecular weight is 364 g/mol. The molecule has 0 heterocycles. The molecule has 1 N–H and O–H groups in total. The van der Waals surface area contributed by atoms with Gasteiger partial charge in [-0.05, 0) is 43.7 Å². The number of benzene rings is 2. The molecule has 0 bridgehead atoms. The number of anilines is 1. The normalized spacial score (nSPS) is 11.5. The van der Waals surface area contributed by atoms with Crippen LogP contribution in [0.15, 0.2) is 36.4 Å². The molecule has 1 amide bonds. The Morgan fingerprint density at radius 1 is 1.15 bits per heavy atom. The third kappa shape index (κ3) is 4.38. The summed E-state index contributed by atoms with van der Waals surface area (Å²) in [4.78, 5) is 33.8. The smallest absolute Gasteiger partial charge is 0.339 e. The van der Waals surface area contributed by atoms with E-state index in [0.717, 1.165) is 24.3 Å². The van der Waals surface area contributed by atoms with E-state index < -0.39 is 40.2 Å². The molecule has 2 rings (SSSR count). The minimum absolute atomic E-state index is 0.0348. The Hall–Kier alpha value is -3.36. The quantitative estimate of drug-likeness (QED) is 0.498. The van der Waals surface area contributed by atoms with Gasteiger partial charge in [-0.3, -0.25) is 14.9 Å². The number of hydrogen-bond donors (Lipinski definition) is 1. The van der Waals surface area contributed by atoms with Crippen molar-refractivity contribution >= 4 is 23.3 Å². The number of nitro groups is 1. The molecule has 0 spiro atoms. The van der Waals surface area contributed by atoms with Crippen LogP contribution in [-0.2, 0) is 9.53 Å². The first-order chi connectivity index (χ1) is 12.2. The van der Waals surface area contributed by atoms with Gasteiger partial charge < -0.3 is 10.1 Å². The Morgan fingerprint density at radius 2 is 1.85 bits per heavy atom. The number of nitrogens with one attached hydrogen (secondary N) is 1. The summed E-state index contributed by atoms with van der Waals surface area (Å²) < 4.78 is 31.7. The van der Waals surface area contributed by atoms with E-state index in [9.17, 15) is 28.5 Å². The van der Waals surface area contributed by atoms with Gasteiger partial charge in [0.05, 0.1) is 10.5 Å². The number of aryl methyl sites for hydroxylation is 1. The van der Waals surface area contributed by atoms with Gasteiger partial charge in [-0.2, -0.15) is 4.39 Å². The van der Waals surface area contributed by atoms with Crippen LogP contribution in [0.4, 0.5) is 20.2 Å². The molecular weight excluding hydrogens is 350 g/mol. The Bertz CT molecular complexity index is 885. The lowest BCUT2D eigenvalue weighted by Crippen LogP contribution is -2.30. The van der Waals surface area contributed by atoms with Crippen molar-refractivity contribution in [1.82, 2.24) is 0 Å². The van der Waals surface area contributed by atoms with Crippen LogP contribution in [-0.4, -0.2) is 22.9 Å². The van der Waals surface area contributed by atoms with Crippen molar-refractivity contribution in [2.75, 3.05) is 5.32 Å². The summed E-state index contributed by atoms with van der Waals surface area (Å²) in [7, 11) is 0. The van der Waals surface area contributed by atoms with Crippen molar-refractivity contribution in [3.63, 3.8) is 0 Å². The number of ether oxygens (including phenoxy) is 1. The molecule has 0 aliphatic rings. The first-order valence-electron chi connectivity index (χ1n) is 7.41. The molecule has 0 unspecified atom stereocenters. The van der Waals surface area contributed by atoms with Gasteiger partial charge in [0.1, 0.15) is 5.82 Å². The maximum absolute atomic E-state index is 13.5. The molecule has 26 heavy (non-hydrogen) atoms. The predicted molar refractivity (Wildman–Crippen MR) is 87.7 cm³/mol. The third-order valence-corrected chi connectivity index (χ3v) is 3.47. The van der Waals surface area contributed by atoms with Gasteiger partial charge in [0.15, 0.2) is 6.10 Å². The van der Waals surface area contributed by atoms with Gasteiger partial charge in [-0.25, -0.2) is 9.18 Å². The average Bonchev–Trinajstić information content (AvgIpc) is 2.58. The minimum atomic E-state index is -1.27. The highest BCUT2D eigenvalue weighted by Crippen LogP contribution is 2.22. The van der Waals surface area contributed by atoms with E-state index in [1.165, 1.54) is 26.0 Å². The fourth-order valence-corrected chi connectivity index (χ4v) is 1.98. The molecule has 0 radical (unpaired) electrons. The van der Waals surface area contributed by atoms with E-state index in [1.807, 2.05) is 0 Å². The number of carbonyl (C=O) groups excluding carboxylic acids is 2. The van der Waals surface area contributed by atoms with Crippen molar-refractivity contribution in [2.24, 2.45) is 0 Å². The van der Waals surface area contributed by atoms with Gasteiger partial charge in [-0.15, -0.1) is 0 Å². The van der Waals surface area contributed by atoms with E-state index >= 15 is 0 Å². The largest absolute Gasteiger partial charge is 0.449 e. The van der Waals surface area contributed by atoms with E-state index in [4.69, 9.17) is 4.74 Å². The Balaban J connectivity index is 2.05. The first kappa shape index (κ1) is 19.0. The number of halogens is 2. The van der Waals surface area contributed by atoms with E-state index in [-0.39, 0.29) is 11.3 Å². The summed E-state index contributed by atoms with van der Waals surface area (Å²) in [6, 6.07) is 6.55. The second-order valence-electron chi connectivity index (χ2n) is 5.42. The van der Waals surface area contributed by atoms with Gasteiger partial charge in [0.2, 0.25) is 5.82 Å². The summed E-state index contributed by atoms with van der Waals surface area (Å²) in [5, 5.41) is 13.0. The van der Waals surface area contributed by atoms with E-state index in [0.29, 0.717) is 5.56 Å². The zero-order valence-corrected chi connectivity index (χ0v) is 13.8. The minimum Gasteiger partial charge on any atom is -0.449 e. The van der Waals surface area contributed by atoms with Crippen molar-refractivity contribution in [2.45, 2.75) is 20.0 Å². The van der Waals surface area contributed by atoms with Gasteiger partial charge in [0.25, 0.3) is 5.91 Å². The number of nitrogens with zero attached hydrogens (tertiary/aromatic N) is 1. The third-order valence-electron chi connectivity index (χ3n) is 3.47. The number of rotatable bonds is 5. The van der Waals surface area contributed by atoms with Gasteiger partial charge in [0, 0.05) is 11.8 Å². The monoisotopic (exact) mass is 364 g/mol. The molecule has 7 nitrogen and oxygen atoms in total. The van der Waals surface area contributed by atoms with Crippen molar-refractivity contribution in [3.05, 3.63) is 69.3 Å². The number of hydrogen-bond acceptors (Lipinski definition) is 5. The standard InChI is InChI=1S/C17H14F2N2O5/c1-9-3-4-11(7-14(9)19)17(23)26-10(2)16(22)20-12-5-6-13(18)15(8-12)21(24)25/h3-8,10H,1-2H3,(H,20,22)/t10-/m0/s1. The lowest BCUT2D eigenvalue weighted by Gasteiger charge is -2.14. The zero-order chi connectivity index (χ0) is 19.4. The molecule has 0 saturated heterocycles. The molecule has 0 aromatic heterocycles. The SMILES string of the molecule is Cc1ccc(C(=O)O[C@@H](C)C(=O)Nc2ccc(F)c([N+](=O)[O-])c2)cc1F. The number of amides is 1.